The van der Waals surface area contributed by atoms with Crippen LogP contribution in [0.15, 0.2) is 18.2 Å². The average Bonchev–Trinajstić information content (AvgIpc) is 2.73. The van der Waals surface area contributed by atoms with Crippen molar-refractivity contribution in [3.8, 4) is 5.75 Å². The Morgan fingerprint density at radius 2 is 2.33 bits per heavy atom. The first-order valence-electron chi connectivity index (χ1n) is 5.66. The summed E-state index contributed by atoms with van der Waals surface area (Å²) in [6.45, 7) is 3.25. The Hall–Kier alpha value is -1.02. The van der Waals surface area contributed by atoms with Crippen LogP contribution in [0.1, 0.15) is 24.0 Å². The maximum absolute atomic E-state index is 5.33. The van der Waals surface area contributed by atoms with Crippen LogP contribution in [0.4, 0.5) is 0 Å². The summed E-state index contributed by atoms with van der Waals surface area (Å²) in [7, 11) is 1.74. The third kappa shape index (κ3) is 2.51. The molecule has 1 aliphatic rings. The van der Waals surface area contributed by atoms with Crippen molar-refractivity contribution in [2.24, 2.45) is 0 Å². The molecule has 1 unspecified atom stereocenters. The van der Waals surface area contributed by atoms with E-state index < -0.39 is 0 Å². The molecule has 1 aromatic carbocycles. The van der Waals surface area contributed by atoms with Gasteiger partial charge in [-0.3, -0.25) is 0 Å². The summed E-state index contributed by atoms with van der Waals surface area (Å²) in [6.07, 6.45) is 3.74. The lowest BCUT2D eigenvalue weighted by atomic mass is 10.0. The summed E-state index contributed by atoms with van der Waals surface area (Å²) in [5.41, 5.74) is 2.58. The number of methoxy groups -OCH3 is 1. The molecule has 1 N–H and O–H groups in total. The van der Waals surface area contributed by atoms with Gasteiger partial charge in [0, 0.05) is 6.04 Å². The second-order valence-electron chi connectivity index (χ2n) is 4.30. The van der Waals surface area contributed by atoms with Gasteiger partial charge in [0.05, 0.1) is 7.11 Å². The Morgan fingerprint density at radius 1 is 1.47 bits per heavy atom. The highest BCUT2D eigenvalue weighted by Crippen LogP contribution is 2.21. The molecule has 0 saturated carbocycles. The van der Waals surface area contributed by atoms with Gasteiger partial charge in [-0.25, -0.2) is 0 Å². The Morgan fingerprint density at radius 3 is 3.00 bits per heavy atom. The van der Waals surface area contributed by atoms with Crippen molar-refractivity contribution >= 4 is 0 Å². The molecule has 1 atom stereocenters. The van der Waals surface area contributed by atoms with E-state index in [1.54, 1.807) is 7.11 Å². The molecule has 2 rings (SSSR count). The van der Waals surface area contributed by atoms with E-state index in [0.717, 1.165) is 12.2 Å². The molecule has 2 heteroatoms. The normalized spacial score (nSPS) is 20.5. The molecule has 0 aliphatic carbocycles. The largest absolute Gasteiger partial charge is 0.496 e. The third-order valence-electron chi connectivity index (χ3n) is 3.12. The molecule has 1 fully saturated rings. The van der Waals surface area contributed by atoms with Gasteiger partial charge in [0.15, 0.2) is 0 Å². The molecule has 1 aromatic rings. The summed E-state index contributed by atoms with van der Waals surface area (Å²) in [5, 5.41) is 3.52. The highest BCUT2D eigenvalue weighted by molar-refractivity contribution is 5.36. The van der Waals surface area contributed by atoms with Crippen molar-refractivity contribution in [1.82, 2.24) is 5.32 Å². The van der Waals surface area contributed by atoms with Gasteiger partial charge in [-0.15, -0.1) is 0 Å². The summed E-state index contributed by atoms with van der Waals surface area (Å²) >= 11 is 0. The zero-order chi connectivity index (χ0) is 10.7. The lowest BCUT2D eigenvalue weighted by Gasteiger charge is -2.12. The topological polar surface area (TPSA) is 21.3 Å². The Kier molecular flexibility index (Phi) is 3.27. The maximum atomic E-state index is 5.33. The first-order valence-corrected chi connectivity index (χ1v) is 5.66. The van der Waals surface area contributed by atoms with Crippen molar-refractivity contribution in [1.29, 1.82) is 0 Å². The van der Waals surface area contributed by atoms with Gasteiger partial charge < -0.3 is 10.1 Å². The van der Waals surface area contributed by atoms with E-state index in [1.807, 2.05) is 0 Å². The van der Waals surface area contributed by atoms with E-state index in [9.17, 15) is 0 Å². The van der Waals surface area contributed by atoms with Crippen LogP contribution >= 0.6 is 0 Å². The summed E-state index contributed by atoms with van der Waals surface area (Å²) in [6, 6.07) is 7.17. The van der Waals surface area contributed by atoms with Gasteiger partial charge >= 0.3 is 0 Å². The van der Waals surface area contributed by atoms with Crippen LogP contribution in [0.3, 0.4) is 0 Å². The molecule has 0 aromatic heterocycles. The number of hydrogen-bond donors (Lipinski definition) is 1. The van der Waals surface area contributed by atoms with Crippen LogP contribution in [-0.2, 0) is 6.42 Å². The van der Waals surface area contributed by atoms with Crippen LogP contribution in [0, 0.1) is 6.92 Å². The molecule has 82 valence electrons. The predicted molar refractivity (Wildman–Crippen MR) is 62.5 cm³/mol. The number of benzene rings is 1. The SMILES string of the molecule is COc1cc(CC2CCCN2)ccc1C. The van der Waals surface area contributed by atoms with E-state index >= 15 is 0 Å². The lowest BCUT2D eigenvalue weighted by molar-refractivity contribution is 0.411. The molecule has 1 saturated heterocycles. The second-order valence-corrected chi connectivity index (χ2v) is 4.30. The molecule has 0 radical (unpaired) electrons. The Labute approximate surface area is 91.6 Å². The molecular formula is C13H19NO. The Bertz CT molecular complexity index is 329. The van der Waals surface area contributed by atoms with E-state index in [-0.39, 0.29) is 0 Å². The van der Waals surface area contributed by atoms with Crippen molar-refractivity contribution in [3.05, 3.63) is 29.3 Å². The first kappa shape index (κ1) is 10.5. The minimum atomic E-state index is 0.664. The van der Waals surface area contributed by atoms with Crippen LogP contribution < -0.4 is 10.1 Å². The molecule has 15 heavy (non-hydrogen) atoms. The number of ether oxygens (including phenoxy) is 1. The maximum Gasteiger partial charge on any atom is 0.122 e. The number of nitrogens with one attached hydrogen (secondary N) is 1. The molecule has 1 heterocycles. The van der Waals surface area contributed by atoms with Gasteiger partial charge in [0.2, 0.25) is 0 Å². The van der Waals surface area contributed by atoms with Crippen molar-refractivity contribution in [2.75, 3.05) is 13.7 Å². The fourth-order valence-electron chi connectivity index (χ4n) is 2.21. The Balaban J connectivity index is 2.07. The van der Waals surface area contributed by atoms with Crippen LogP contribution in [0.25, 0.3) is 0 Å². The average molecular weight is 205 g/mol. The number of rotatable bonds is 3. The van der Waals surface area contributed by atoms with Crippen LogP contribution in [-0.4, -0.2) is 19.7 Å². The van der Waals surface area contributed by atoms with Crippen LogP contribution in [0.5, 0.6) is 5.75 Å². The van der Waals surface area contributed by atoms with Crippen molar-refractivity contribution < 1.29 is 4.74 Å². The minimum Gasteiger partial charge on any atom is -0.496 e. The van der Waals surface area contributed by atoms with Crippen LogP contribution in [0.2, 0.25) is 0 Å². The summed E-state index contributed by atoms with van der Waals surface area (Å²) < 4.78 is 5.33. The quantitative estimate of drug-likeness (QED) is 0.817. The van der Waals surface area contributed by atoms with Crippen molar-refractivity contribution in [3.63, 3.8) is 0 Å². The summed E-state index contributed by atoms with van der Waals surface area (Å²) in [5.74, 6) is 1.01. The lowest BCUT2D eigenvalue weighted by Crippen LogP contribution is -2.23. The monoisotopic (exact) mass is 205 g/mol. The summed E-state index contributed by atoms with van der Waals surface area (Å²) in [4.78, 5) is 0. The first-order chi connectivity index (χ1) is 7.29. The zero-order valence-corrected chi connectivity index (χ0v) is 9.55. The van der Waals surface area contributed by atoms with Gasteiger partial charge in [0.25, 0.3) is 0 Å². The van der Waals surface area contributed by atoms with E-state index in [1.165, 1.54) is 30.5 Å². The minimum absolute atomic E-state index is 0.664. The van der Waals surface area contributed by atoms with Gasteiger partial charge in [0.1, 0.15) is 5.75 Å². The third-order valence-corrected chi connectivity index (χ3v) is 3.12. The highest BCUT2D eigenvalue weighted by Gasteiger charge is 2.14. The van der Waals surface area contributed by atoms with Gasteiger partial charge in [-0.2, -0.15) is 0 Å². The van der Waals surface area contributed by atoms with E-state index in [4.69, 9.17) is 4.74 Å². The highest BCUT2D eigenvalue weighted by atomic mass is 16.5. The molecule has 0 spiro atoms. The van der Waals surface area contributed by atoms with E-state index in [2.05, 4.69) is 30.4 Å². The smallest absolute Gasteiger partial charge is 0.122 e. The standard InChI is InChI=1S/C13H19NO/c1-10-5-6-11(9-13(10)15-2)8-12-4-3-7-14-12/h5-6,9,12,14H,3-4,7-8H2,1-2H3. The number of aryl methyl sites for hydroxylation is 1. The number of hydrogen-bond acceptors (Lipinski definition) is 2. The molecule has 0 amide bonds. The second kappa shape index (κ2) is 4.67. The predicted octanol–water partition coefficient (Wildman–Crippen LogP) is 2.30. The van der Waals surface area contributed by atoms with Crippen molar-refractivity contribution in [2.45, 2.75) is 32.2 Å². The van der Waals surface area contributed by atoms with Gasteiger partial charge in [-0.05, 0) is 49.9 Å². The van der Waals surface area contributed by atoms with E-state index in [0.29, 0.717) is 6.04 Å². The van der Waals surface area contributed by atoms with Gasteiger partial charge in [-0.1, -0.05) is 12.1 Å². The fraction of sp³-hybridized carbons (Fsp3) is 0.538. The molecule has 1 aliphatic heterocycles. The molecule has 2 nitrogen and oxygen atoms in total. The molecule has 0 bridgehead atoms. The molecular weight excluding hydrogens is 186 g/mol. The fourth-order valence-corrected chi connectivity index (χ4v) is 2.21. The zero-order valence-electron chi connectivity index (χ0n) is 9.55.